The fourth-order valence-corrected chi connectivity index (χ4v) is 4.64. The lowest BCUT2D eigenvalue weighted by Crippen LogP contribution is -2.53. The molecule has 3 heteroatoms. The molecule has 27 heavy (non-hydrogen) atoms. The van der Waals surface area contributed by atoms with Crippen LogP contribution in [0.2, 0.25) is 0 Å². The average Bonchev–Trinajstić information content (AvgIpc) is 2.76. The van der Waals surface area contributed by atoms with E-state index in [2.05, 4.69) is 75.4 Å². The molecule has 0 atom stereocenters. The number of hydrogen-bond donors (Lipinski definition) is 0. The molecule has 2 fully saturated rings. The number of para-hydroxylation sites is 1. The monoisotopic (exact) mass is 363 g/mol. The van der Waals surface area contributed by atoms with Gasteiger partial charge in [0.15, 0.2) is 0 Å². The molecule has 3 nitrogen and oxygen atoms in total. The van der Waals surface area contributed by atoms with Gasteiger partial charge in [-0.25, -0.2) is 0 Å². The van der Waals surface area contributed by atoms with Crippen LogP contribution in [0.15, 0.2) is 60.7 Å². The summed E-state index contributed by atoms with van der Waals surface area (Å²) in [5.41, 5.74) is 2.86. The highest BCUT2D eigenvalue weighted by molar-refractivity contribution is 5.46. The van der Waals surface area contributed by atoms with Gasteiger partial charge in [0.2, 0.25) is 0 Å². The van der Waals surface area contributed by atoms with Crippen LogP contribution >= 0.6 is 0 Å². The van der Waals surface area contributed by atoms with Crippen LogP contribution in [-0.4, -0.2) is 61.7 Å². The molecule has 2 aliphatic rings. The van der Waals surface area contributed by atoms with Gasteiger partial charge in [-0.1, -0.05) is 48.5 Å². The molecule has 0 N–H and O–H groups in total. The Bertz CT molecular complexity index is 657. The Morgan fingerprint density at radius 1 is 0.704 bits per heavy atom. The van der Waals surface area contributed by atoms with Crippen molar-refractivity contribution in [3.8, 4) is 0 Å². The average molecular weight is 364 g/mol. The second-order valence-electron chi connectivity index (χ2n) is 8.02. The third-order valence-corrected chi connectivity index (χ3v) is 6.29. The van der Waals surface area contributed by atoms with Crippen LogP contribution in [0.5, 0.6) is 0 Å². The van der Waals surface area contributed by atoms with Crippen molar-refractivity contribution in [3.63, 3.8) is 0 Å². The lowest BCUT2D eigenvalue weighted by Gasteiger charge is -2.43. The number of hydrogen-bond acceptors (Lipinski definition) is 3. The largest absolute Gasteiger partial charge is 0.369 e. The van der Waals surface area contributed by atoms with Gasteiger partial charge in [-0.2, -0.15) is 0 Å². The molecular weight excluding hydrogens is 330 g/mol. The summed E-state index contributed by atoms with van der Waals surface area (Å²) in [7, 11) is 0. The summed E-state index contributed by atoms with van der Waals surface area (Å²) in [6.45, 7) is 8.57. The van der Waals surface area contributed by atoms with Crippen LogP contribution in [0.25, 0.3) is 0 Å². The predicted octanol–water partition coefficient (Wildman–Crippen LogP) is 3.91. The number of nitrogens with zero attached hydrogens (tertiary/aromatic N) is 3. The molecular formula is C24H33N3. The summed E-state index contributed by atoms with van der Waals surface area (Å²) >= 11 is 0. The zero-order valence-corrected chi connectivity index (χ0v) is 16.5. The number of benzene rings is 2. The number of piperidine rings is 1. The zero-order chi connectivity index (χ0) is 18.3. The lowest BCUT2D eigenvalue weighted by molar-refractivity contribution is 0.103. The van der Waals surface area contributed by atoms with Crippen molar-refractivity contribution in [1.82, 2.24) is 9.80 Å². The van der Waals surface area contributed by atoms with E-state index in [1.165, 1.54) is 82.7 Å². The van der Waals surface area contributed by atoms with Gasteiger partial charge in [0.1, 0.15) is 0 Å². The van der Waals surface area contributed by atoms with Crippen molar-refractivity contribution < 1.29 is 0 Å². The SMILES string of the molecule is c1ccc(CCCN2CCC(N3CCN(c4ccccc4)CC3)CC2)cc1. The Morgan fingerprint density at radius 2 is 1.33 bits per heavy atom. The maximum absolute atomic E-state index is 2.75. The van der Waals surface area contributed by atoms with Gasteiger partial charge < -0.3 is 9.80 Å². The lowest BCUT2D eigenvalue weighted by atomic mass is 10.0. The quantitative estimate of drug-likeness (QED) is 0.770. The van der Waals surface area contributed by atoms with Crippen molar-refractivity contribution >= 4 is 5.69 Å². The van der Waals surface area contributed by atoms with E-state index in [0.717, 1.165) is 6.04 Å². The molecule has 0 saturated carbocycles. The van der Waals surface area contributed by atoms with Gasteiger partial charge >= 0.3 is 0 Å². The summed E-state index contributed by atoms with van der Waals surface area (Å²) in [5, 5.41) is 0. The van der Waals surface area contributed by atoms with Gasteiger partial charge in [0.05, 0.1) is 0 Å². The summed E-state index contributed by atoms with van der Waals surface area (Å²) in [6, 6.07) is 22.6. The van der Waals surface area contributed by atoms with E-state index in [-0.39, 0.29) is 0 Å². The Morgan fingerprint density at radius 3 is 2.00 bits per heavy atom. The highest BCUT2D eigenvalue weighted by atomic mass is 15.3. The molecule has 0 aromatic heterocycles. The number of anilines is 1. The number of piperazine rings is 1. The van der Waals surface area contributed by atoms with Crippen molar-refractivity contribution in [2.45, 2.75) is 31.7 Å². The topological polar surface area (TPSA) is 9.72 Å². The predicted molar refractivity (Wildman–Crippen MR) is 114 cm³/mol. The van der Waals surface area contributed by atoms with Crippen molar-refractivity contribution in [2.24, 2.45) is 0 Å². The van der Waals surface area contributed by atoms with Crippen molar-refractivity contribution in [3.05, 3.63) is 66.2 Å². The normalized spacial score (nSPS) is 20.1. The maximum Gasteiger partial charge on any atom is 0.0367 e. The number of likely N-dealkylation sites (tertiary alicyclic amines) is 1. The minimum absolute atomic E-state index is 0.799. The second kappa shape index (κ2) is 9.38. The van der Waals surface area contributed by atoms with E-state index in [1.807, 2.05) is 0 Å². The zero-order valence-electron chi connectivity index (χ0n) is 16.5. The van der Waals surface area contributed by atoms with Gasteiger partial charge in [-0.3, -0.25) is 4.90 Å². The summed E-state index contributed by atoms with van der Waals surface area (Å²) in [6.07, 6.45) is 5.18. The molecule has 2 aromatic carbocycles. The minimum atomic E-state index is 0.799. The first-order valence-electron chi connectivity index (χ1n) is 10.7. The Hall–Kier alpha value is -1.84. The van der Waals surface area contributed by atoms with Gasteiger partial charge in [0, 0.05) is 37.9 Å². The van der Waals surface area contributed by atoms with Crippen LogP contribution in [-0.2, 0) is 6.42 Å². The van der Waals surface area contributed by atoms with E-state index in [1.54, 1.807) is 0 Å². The second-order valence-corrected chi connectivity index (χ2v) is 8.02. The molecule has 0 amide bonds. The molecule has 4 rings (SSSR count). The molecule has 0 unspecified atom stereocenters. The summed E-state index contributed by atoms with van der Waals surface area (Å²) in [5.74, 6) is 0. The van der Waals surface area contributed by atoms with Crippen LogP contribution < -0.4 is 4.90 Å². The molecule has 0 spiro atoms. The van der Waals surface area contributed by atoms with Gasteiger partial charge in [0.25, 0.3) is 0 Å². The Kier molecular flexibility index (Phi) is 6.44. The van der Waals surface area contributed by atoms with Crippen molar-refractivity contribution in [1.29, 1.82) is 0 Å². The smallest absolute Gasteiger partial charge is 0.0367 e. The molecule has 2 saturated heterocycles. The van der Waals surface area contributed by atoms with E-state index in [0.29, 0.717) is 0 Å². The van der Waals surface area contributed by atoms with Crippen LogP contribution in [0, 0.1) is 0 Å². The van der Waals surface area contributed by atoms with Crippen LogP contribution in [0.4, 0.5) is 5.69 Å². The third-order valence-electron chi connectivity index (χ3n) is 6.29. The molecule has 0 radical (unpaired) electrons. The molecule has 0 aliphatic carbocycles. The first-order chi connectivity index (χ1) is 13.4. The fraction of sp³-hybridized carbons (Fsp3) is 0.500. The Balaban J connectivity index is 1.16. The van der Waals surface area contributed by atoms with Crippen molar-refractivity contribution in [2.75, 3.05) is 50.7 Å². The highest BCUT2D eigenvalue weighted by Gasteiger charge is 2.27. The summed E-state index contributed by atoms with van der Waals surface area (Å²) in [4.78, 5) is 7.97. The molecule has 0 bridgehead atoms. The first-order valence-corrected chi connectivity index (χ1v) is 10.7. The molecule has 2 aliphatic heterocycles. The first kappa shape index (κ1) is 18.5. The fourth-order valence-electron chi connectivity index (χ4n) is 4.64. The van der Waals surface area contributed by atoms with E-state index >= 15 is 0 Å². The maximum atomic E-state index is 2.75. The molecule has 2 heterocycles. The van der Waals surface area contributed by atoms with E-state index in [9.17, 15) is 0 Å². The number of aryl methyl sites for hydroxylation is 1. The standard InChI is InChI=1S/C24H33N3/c1-3-8-22(9-4-1)10-7-15-25-16-13-24(14-17-25)27-20-18-26(19-21-27)23-11-5-2-6-12-23/h1-6,8-9,11-12,24H,7,10,13-21H2. The van der Waals surface area contributed by atoms with E-state index < -0.39 is 0 Å². The number of rotatable bonds is 6. The van der Waals surface area contributed by atoms with E-state index in [4.69, 9.17) is 0 Å². The molecule has 144 valence electrons. The van der Waals surface area contributed by atoms with Crippen LogP contribution in [0.1, 0.15) is 24.8 Å². The molecule has 2 aromatic rings. The third kappa shape index (κ3) is 5.12. The summed E-state index contributed by atoms with van der Waals surface area (Å²) < 4.78 is 0. The van der Waals surface area contributed by atoms with Gasteiger partial charge in [-0.15, -0.1) is 0 Å². The van der Waals surface area contributed by atoms with Gasteiger partial charge in [-0.05, 0) is 63.0 Å². The van der Waals surface area contributed by atoms with Crippen LogP contribution in [0.3, 0.4) is 0 Å². The minimum Gasteiger partial charge on any atom is -0.369 e. The highest BCUT2D eigenvalue weighted by Crippen LogP contribution is 2.21. The Labute approximate surface area is 164 Å².